The molecule has 31 heavy (non-hydrogen) atoms. The van der Waals surface area contributed by atoms with Crippen molar-refractivity contribution < 1.29 is 4.74 Å². The lowest BCUT2D eigenvalue weighted by atomic mass is 10.1. The summed E-state index contributed by atoms with van der Waals surface area (Å²) in [7, 11) is 1.66. The number of hydrogen-bond donors (Lipinski definition) is 2. The van der Waals surface area contributed by atoms with E-state index in [1.54, 1.807) is 11.8 Å². The minimum atomic E-state index is 0. The van der Waals surface area contributed by atoms with Gasteiger partial charge in [-0.1, -0.05) is 17.3 Å². The van der Waals surface area contributed by atoms with Gasteiger partial charge in [-0.15, -0.1) is 29.9 Å². The number of nitrogens with one attached hydrogen (secondary N) is 2. The zero-order chi connectivity index (χ0) is 19.6. The number of hydrogen-bond acceptors (Lipinski definition) is 7. The van der Waals surface area contributed by atoms with Gasteiger partial charge < -0.3 is 15.4 Å². The maximum atomic E-state index is 5.56. The molecule has 8 nitrogen and oxygen atoms in total. The SMILES string of the molecule is COc1ccc(C2=NCCN2)cc1-c1cn(-c2cccc(C3=NCCN3)c2)nn1.Cl.Cl. The summed E-state index contributed by atoms with van der Waals surface area (Å²) in [6.07, 6.45) is 1.91. The van der Waals surface area contributed by atoms with Gasteiger partial charge in [-0.2, -0.15) is 0 Å². The lowest BCUT2D eigenvalue weighted by Gasteiger charge is -2.09. The van der Waals surface area contributed by atoms with Crippen molar-refractivity contribution in [2.24, 2.45) is 9.98 Å². The van der Waals surface area contributed by atoms with Gasteiger partial charge in [-0.05, 0) is 30.3 Å². The Labute approximate surface area is 192 Å². The molecule has 3 heterocycles. The maximum Gasteiger partial charge on any atom is 0.128 e. The molecule has 0 saturated heterocycles. The molecule has 0 saturated carbocycles. The summed E-state index contributed by atoms with van der Waals surface area (Å²) >= 11 is 0. The topological polar surface area (TPSA) is 88.7 Å². The van der Waals surface area contributed by atoms with Gasteiger partial charge in [0.2, 0.25) is 0 Å². The largest absolute Gasteiger partial charge is 0.496 e. The molecule has 2 aromatic carbocycles. The van der Waals surface area contributed by atoms with Crippen LogP contribution < -0.4 is 15.4 Å². The first kappa shape index (κ1) is 22.6. The third-order valence-corrected chi connectivity index (χ3v) is 4.97. The van der Waals surface area contributed by atoms with Crippen LogP contribution in [-0.2, 0) is 0 Å². The molecule has 2 N–H and O–H groups in total. The van der Waals surface area contributed by atoms with E-state index in [4.69, 9.17) is 4.74 Å². The maximum absolute atomic E-state index is 5.56. The second-order valence-corrected chi connectivity index (χ2v) is 6.83. The number of ether oxygens (including phenoxy) is 1. The fraction of sp³-hybridized carbons (Fsp3) is 0.238. The number of methoxy groups -OCH3 is 1. The summed E-state index contributed by atoms with van der Waals surface area (Å²) < 4.78 is 7.33. The predicted molar refractivity (Wildman–Crippen MR) is 127 cm³/mol. The van der Waals surface area contributed by atoms with Crippen molar-refractivity contribution in [3.8, 4) is 22.7 Å². The second-order valence-electron chi connectivity index (χ2n) is 6.83. The fourth-order valence-electron chi connectivity index (χ4n) is 3.55. The molecule has 0 radical (unpaired) electrons. The van der Waals surface area contributed by atoms with Crippen LogP contribution >= 0.6 is 24.8 Å². The van der Waals surface area contributed by atoms with E-state index < -0.39 is 0 Å². The average Bonchev–Trinajstić information content (AvgIpc) is 3.56. The van der Waals surface area contributed by atoms with E-state index in [1.807, 2.05) is 42.6 Å². The monoisotopic (exact) mass is 459 g/mol. The van der Waals surface area contributed by atoms with E-state index >= 15 is 0 Å². The summed E-state index contributed by atoms with van der Waals surface area (Å²) in [5.41, 5.74) is 4.60. The number of amidine groups is 2. The van der Waals surface area contributed by atoms with Gasteiger partial charge in [0.15, 0.2) is 0 Å². The Bertz CT molecular complexity index is 1130. The molecule has 0 bridgehead atoms. The lowest BCUT2D eigenvalue weighted by Crippen LogP contribution is -2.19. The van der Waals surface area contributed by atoms with Gasteiger partial charge in [0.25, 0.3) is 0 Å². The van der Waals surface area contributed by atoms with Crippen LogP contribution in [0.2, 0.25) is 0 Å². The van der Waals surface area contributed by atoms with Crippen LogP contribution in [0.25, 0.3) is 16.9 Å². The van der Waals surface area contributed by atoms with E-state index in [0.717, 1.165) is 71.7 Å². The molecule has 1 aromatic heterocycles. The van der Waals surface area contributed by atoms with Crippen molar-refractivity contribution in [3.63, 3.8) is 0 Å². The zero-order valence-electron chi connectivity index (χ0n) is 16.9. The Balaban J connectivity index is 0.00000136. The molecular formula is C21H23Cl2N7O. The normalized spacial score (nSPS) is 14.5. The number of nitrogens with zero attached hydrogens (tertiary/aromatic N) is 5. The highest BCUT2D eigenvalue weighted by Crippen LogP contribution is 2.30. The molecule has 0 amide bonds. The van der Waals surface area contributed by atoms with Gasteiger partial charge in [0.1, 0.15) is 23.1 Å². The molecule has 0 unspecified atom stereocenters. The number of aliphatic imine (C=N–C) groups is 2. The van der Waals surface area contributed by atoms with Crippen molar-refractivity contribution >= 4 is 36.5 Å². The van der Waals surface area contributed by atoms with Crippen LogP contribution in [-0.4, -0.2) is 60.0 Å². The van der Waals surface area contributed by atoms with Gasteiger partial charge in [-0.3, -0.25) is 9.98 Å². The minimum absolute atomic E-state index is 0. The summed E-state index contributed by atoms with van der Waals surface area (Å²) in [4.78, 5) is 8.99. The number of halogens is 2. The zero-order valence-corrected chi connectivity index (χ0v) is 18.5. The Morgan fingerprint density at radius 1 is 0.903 bits per heavy atom. The smallest absolute Gasteiger partial charge is 0.128 e. The van der Waals surface area contributed by atoms with Gasteiger partial charge >= 0.3 is 0 Å². The van der Waals surface area contributed by atoms with Crippen LogP contribution in [0.15, 0.2) is 58.6 Å². The first-order valence-corrected chi connectivity index (χ1v) is 9.60. The van der Waals surface area contributed by atoms with E-state index in [2.05, 4.69) is 37.0 Å². The van der Waals surface area contributed by atoms with Crippen molar-refractivity contribution in [1.29, 1.82) is 0 Å². The average molecular weight is 460 g/mol. The minimum Gasteiger partial charge on any atom is -0.496 e. The lowest BCUT2D eigenvalue weighted by molar-refractivity contribution is 0.416. The molecule has 0 atom stereocenters. The number of benzene rings is 2. The Kier molecular flexibility index (Phi) is 7.14. The van der Waals surface area contributed by atoms with Gasteiger partial charge in [0.05, 0.1) is 32.1 Å². The number of rotatable bonds is 5. The Morgan fingerprint density at radius 3 is 2.26 bits per heavy atom. The summed E-state index contributed by atoms with van der Waals surface area (Å²) in [6.45, 7) is 3.35. The molecule has 10 heteroatoms. The molecule has 2 aliphatic heterocycles. The quantitative estimate of drug-likeness (QED) is 0.611. The van der Waals surface area contributed by atoms with Crippen molar-refractivity contribution in [3.05, 3.63) is 59.8 Å². The summed E-state index contributed by atoms with van der Waals surface area (Å²) in [6, 6.07) is 14.1. The molecule has 162 valence electrons. The summed E-state index contributed by atoms with van der Waals surface area (Å²) in [5.74, 6) is 2.57. The van der Waals surface area contributed by atoms with Crippen LogP contribution in [0, 0.1) is 0 Å². The highest BCUT2D eigenvalue weighted by molar-refractivity contribution is 6.01. The van der Waals surface area contributed by atoms with Crippen LogP contribution in [0.1, 0.15) is 11.1 Å². The molecular weight excluding hydrogens is 437 g/mol. The standard InChI is InChI=1S/C21H21N7O.2ClH/c1-29-19-6-5-15(21-24-9-10-25-21)12-17(19)18-13-28(27-26-18)16-4-2-3-14(11-16)20-22-7-8-23-20;;/h2-6,11-13H,7-10H2,1H3,(H,22,23)(H,24,25);2*1H. The Morgan fingerprint density at radius 2 is 1.61 bits per heavy atom. The second kappa shape index (κ2) is 9.80. The van der Waals surface area contributed by atoms with Gasteiger partial charge in [0, 0.05) is 29.8 Å². The highest BCUT2D eigenvalue weighted by atomic mass is 35.5. The Hall–Kier alpha value is -3.10. The van der Waals surface area contributed by atoms with Crippen molar-refractivity contribution in [2.75, 3.05) is 33.3 Å². The predicted octanol–water partition coefficient (Wildman–Crippen LogP) is 2.49. The van der Waals surface area contributed by atoms with Crippen LogP contribution in [0.5, 0.6) is 5.75 Å². The summed E-state index contributed by atoms with van der Waals surface area (Å²) in [5, 5.41) is 15.3. The van der Waals surface area contributed by atoms with Crippen LogP contribution in [0.3, 0.4) is 0 Å². The third-order valence-electron chi connectivity index (χ3n) is 4.97. The van der Waals surface area contributed by atoms with E-state index in [-0.39, 0.29) is 24.8 Å². The first-order chi connectivity index (χ1) is 14.3. The molecule has 2 aliphatic rings. The third kappa shape index (κ3) is 4.50. The molecule has 3 aromatic rings. The number of aromatic nitrogens is 3. The van der Waals surface area contributed by atoms with E-state index in [9.17, 15) is 0 Å². The molecule has 0 fully saturated rings. The molecule has 5 rings (SSSR count). The van der Waals surface area contributed by atoms with Crippen molar-refractivity contribution in [2.45, 2.75) is 0 Å². The fourth-order valence-corrected chi connectivity index (χ4v) is 3.55. The van der Waals surface area contributed by atoms with Gasteiger partial charge in [-0.25, -0.2) is 4.68 Å². The first-order valence-electron chi connectivity index (χ1n) is 9.60. The molecule has 0 spiro atoms. The van der Waals surface area contributed by atoms with E-state index in [0.29, 0.717) is 0 Å². The molecule has 0 aliphatic carbocycles. The van der Waals surface area contributed by atoms with Crippen molar-refractivity contribution in [1.82, 2.24) is 25.6 Å². The highest BCUT2D eigenvalue weighted by Gasteiger charge is 2.16. The van der Waals surface area contributed by atoms with Crippen LogP contribution in [0.4, 0.5) is 0 Å². The van der Waals surface area contributed by atoms with E-state index in [1.165, 1.54) is 0 Å².